The summed E-state index contributed by atoms with van der Waals surface area (Å²) >= 11 is 0. The number of carbonyl (C=O) groups is 1. The van der Waals surface area contributed by atoms with Crippen LogP contribution in [0.2, 0.25) is 0 Å². The fraction of sp³-hybridized carbons (Fsp3) is 0.824. The minimum atomic E-state index is -0.972. The molecular formula is C17H30O3. The Morgan fingerprint density at radius 3 is 2.70 bits per heavy atom. The zero-order valence-corrected chi connectivity index (χ0v) is 13.4. The zero-order chi connectivity index (χ0) is 15.2. The Balaban J connectivity index is 2.39. The minimum absolute atomic E-state index is 0.0781. The summed E-state index contributed by atoms with van der Waals surface area (Å²) < 4.78 is 4.64. The Morgan fingerprint density at radius 2 is 2.10 bits per heavy atom. The summed E-state index contributed by atoms with van der Waals surface area (Å²) in [6.07, 6.45) is 8.39. The van der Waals surface area contributed by atoms with E-state index in [0.717, 1.165) is 18.8 Å². The second-order valence-corrected chi connectivity index (χ2v) is 6.79. The first-order valence-electron chi connectivity index (χ1n) is 7.84. The molecule has 0 aliphatic heterocycles. The second-order valence-electron chi connectivity index (χ2n) is 6.79. The largest absolute Gasteiger partial charge is 0.469 e. The van der Waals surface area contributed by atoms with E-state index in [9.17, 15) is 9.90 Å². The van der Waals surface area contributed by atoms with Gasteiger partial charge in [0.2, 0.25) is 0 Å². The Bertz CT molecular complexity index is 346. The molecule has 3 nitrogen and oxygen atoms in total. The van der Waals surface area contributed by atoms with Crippen LogP contribution in [0.4, 0.5) is 0 Å². The van der Waals surface area contributed by atoms with Crippen molar-refractivity contribution in [3.63, 3.8) is 0 Å². The van der Waals surface area contributed by atoms with E-state index in [0.29, 0.717) is 12.3 Å². The maximum Gasteiger partial charge on any atom is 0.308 e. The topological polar surface area (TPSA) is 46.5 Å². The molecule has 1 rings (SSSR count). The number of esters is 1. The van der Waals surface area contributed by atoms with E-state index in [-0.39, 0.29) is 12.4 Å². The van der Waals surface area contributed by atoms with Crippen molar-refractivity contribution in [3.8, 4) is 0 Å². The second kappa shape index (κ2) is 7.82. The quantitative estimate of drug-likeness (QED) is 0.543. The average Bonchev–Trinajstić information content (AvgIpc) is 2.69. The molecule has 1 N–H and O–H groups in total. The fourth-order valence-corrected chi connectivity index (χ4v) is 2.95. The molecule has 116 valence electrons. The first-order chi connectivity index (χ1) is 9.34. The number of carbonyl (C=O) groups excluding carboxylic acids is 1. The molecule has 0 amide bonds. The van der Waals surface area contributed by atoms with E-state index in [1.165, 1.54) is 31.9 Å². The lowest BCUT2D eigenvalue weighted by atomic mass is 9.94. The lowest BCUT2D eigenvalue weighted by Gasteiger charge is -2.18. The summed E-state index contributed by atoms with van der Waals surface area (Å²) in [5.41, 5.74) is 0.327. The molecular weight excluding hydrogens is 252 g/mol. The van der Waals surface area contributed by atoms with Crippen LogP contribution in [0.1, 0.15) is 65.7 Å². The zero-order valence-electron chi connectivity index (χ0n) is 13.4. The van der Waals surface area contributed by atoms with E-state index in [1.807, 2.05) is 6.08 Å². The number of ether oxygens (including phenoxy) is 1. The molecule has 2 atom stereocenters. The molecule has 0 aromatic rings. The van der Waals surface area contributed by atoms with Crippen molar-refractivity contribution in [1.29, 1.82) is 0 Å². The van der Waals surface area contributed by atoms with Gasteiger partial charge in [0.1, 0.15) is 0 Å². The van der Waals surface area contributed by atoms with Gasteiger partial charge in [0.15, 0.2) is 0 Å². The molecule has 3 heteroatoms. The fourth-order valence-electron chi connectivity index (χ4n) is 2.95. The monoisotopic (exact) mass is 282 g/mol. The molecule has 0 heterocycles. The van der Waals surface area contributed by atoms with Crippen LogP contribution in [-0.4, -0.2) is 23.8 Å². The van der Waals surface area contributed by atoms with Crippen LogP contribution in [0.5, 0.6) is 0 Å². The van der Waals surface area contributed by atoms with Crippen LogP contribution in [0, 0.1) is 11.8 Å². The number of rotatable bonds is 8. The van der Waals surface area contributed by atoms with Gasteiger partial charge < -0.3 is 9.84 Å². The summed E-state index contributed by atoms with van der Waals surface area (Å²) in [6, 6.07) is 0. The first kappa shape index (κ1) is 17.2. The van der Waals surface area contributed by atoms with Gasteiger partial charge in [-0.3, -0.25) is 4.79 Å². The third kappa shape index (κ3) is 6.08. The summed E-state index contributed by atoms with van der Waals surface area (Å²) in [7, 11) is 1.36. The van der Waals surface area contributed by atoms with Gasteiger partial charge in [0.25, 0.3) is 0 Å². The van der Waals surface area contributed by atoms with Crippen molar-refractivity contribution in [2.24, 2.45) is 11.8 Å². The van der Waals surface area contributed by atoms with Crippen molar-refractivity contribution in [1.82, 2.24) is 0 Å². The van der Waals surface area contributed by atoms with Crippen LogP contribution in [0.25, 0.3) is 0 Å². The van der Waals surface area contributed by atoms with E-state index < -0.39 is 5.60 Å². The van der Waals surface area contributed by atoms with Crippen LogP contribution >= 0.6 is 0 Å². The number of allylic oxidation sites excluding steroid dienone is 1. The summed E-state index contributed by atoms with van der Waals surface area (Å²) in [4.78, 5) is 11.3. The van der Waals surface area contributed by atoms with Crippen molar-refractivity contribution in [3.05, 3.63) is 11.6 Å². The van der Waals surface area contributed by atoms with Gasteiger partial charge in [-0.15, -0.1) is 0 Å². The Morgan fingerprint density at radius 1 is 1.40 bits per heavy atom. The molecule has 0 aromatic carbocycles. The molecule has 0 saturated heterocycles. The van der Waals surface area contributed by atoms with E-state index >= 15 is 0 Å². The molecule has 0 bridgehead atoms. The normalized spacial score (nSPS) is 23.8. The maximum absolute atomic E-state index is 11.3. The summed E-state index contributed by atoms with van der Waals surface area (Å²) in [6.45, 7) is 6.80. The number of hydrogen-bond acceptors (Lipinski definition) is 3. The minimum Gasteiger partial charge on any atom is -0.469 e. The van der Waals surface area contributed by atoms with Crippen molar-refractivity contribution in [2.75, 3.05) is 7.11 Å². The van der Waals surface area contributed by atoms with Crippen molar-refractivity contribution in [2.45, 2.75) is 71.3 Å². The highest BCUT2D eigenvalue weighted by atomic mass is 16.5. The number of hydrogen-bond donors (Lipinski definition) is 1. The SMILES string of the molecule is COC(=O)CC1(O)C=C(CC(C)CCCC(C)C)CC1. The molecule has 0 fully saturated rings. The van der Waals surface area contributed by atoms with Crippen molar-refractivity contribution < 1.29 is 14.6 Å². The molecule has 0 spiro atoms. The van der Waals surface area contributed by atoms with Crippen LogP contribution < -0.4 is 0 Å². The molecule has 20 heavy (non-hydrogen) atoms. The predicted molar refractivity (Wildman–Crippen MR) is 81.4 cm³/mol. The standard InChI is InChI=1S/C17H30O3/c1-13(2)6-5-7-14(3)10-15-8-9-17(19,11-15)12-16(18)20-4/h11,13-14,19H,5-10,12H2,1-4H3. The number of methoxy groups -OCH3 is 1. The molecule has 2 unspecified atom stereocenters. The van der Waals surface area contributed by atoms with Gasteiger partial charge in [-0.2, -0.15) is 0 Å². The van der Waals surface area contributed by atoms with E-state index in [4.69, 9.17) is 0 Å². The van der Waals surface area contributed by atoms with Gasteiger partial charge in [-0.1, -0.05) is 51.7 Å². The van der Waals surface area contributed by atoms with Crippen molar-refractivity contribution >= 4 is 5.97 Å². The third-order valence-corrected chi connectivity index (χ3v) is 4.12. The maximum atomic E-state index is 11.3. The van der Waals surface area contributed by atoms with Gasteiger partial charge in [-0.25, -0.2) is 0 Å². The molecule has 1 aliphatic carbocycles. The Kier molecular flexibility index (Phi) is 6.74. The molecule has 0 saturated carbocycles. The highest BCUT2D eigenvalue weighted by Gasteiger charge is 2.33. The Labute approximate surface area is 123 Å². The van der Waals surface area contributed by atoms with Gasteiger partial charge in [0.05, 0.1) is 19.1 Å². The van der Waals surface area contributed by atoms with E-state index in [2.05, 4.69) is 25.5 Å². The lowest BCUT2D eigenvalue weighted by molar-refractivity contribution is -0.144. The van der Waals surface area contributed by atoms with Gasteiger partial charge in [0, 0.05) is 0 Å². The highest BCUT2D eigenvalue weighted by Crippen LogP contribution is 2.35. The van der Waals surface area contributed by atoms with Crippen LogP contribution in [0.15, 0.2) is 11.6 Å². The smallest absolute Gasteiger partial charge is 0.308 e. The molecule has 1 aliphatic rings. The Hall–Kier alpha value is -0.830. The molecule has 0 radical (unpaired) electrons. The summed E-state index contributed by atoms with van der Waals surface area (Å²) in [5.74, 6) is 1.09. The van der Waals surface area contributed by atoms with Crippen LogP contribution in [0.3, 0.4) is 0 Å². The van der Waals surface area contributed by atoms with Crippen LogP contribution in [-0.2, 0) is 9.53 Å². The number of aliphatic hydroxyl groups is 1. The predicted octanol–water partition coefficient (Wildman–Crippen LogP) is 3.85. The third-order valence-electron chi connectivity index (χ3n) is 4.12. The average molecular weight is 282 g/mol. The van der Waals surface area contributed by atoms with E-state index in [1.54, 1.807) is 0 Å². The first-order valence-corrected chi connectivity index (χ1v) is 7.84. The lowest BCUT2D eigenvalue weighted by Crippen LogP contribution is -2.27. The molecule has 0 aromatic heterocycles. The van der Waals surface area contributed by atoms with Gasteiger partial charge >= 0.3 is 5.97 Å². The highest BCUT2D eigenvalue weighted by molar-refractivity contribution is 5.71. The summed E-state index contributed by atoms with van der Waals surface area (Å²) in [5, 5.41) is 10.3. The van der Waals surface area contributed by atoms with Gasteiger partial charge in [-0.05, 0) is 31.1 Å².